The van der Waals surface area contributed by atoms with Crippen molar-refractivity contribution < 1.29 is 4.74 Å². The van der Waals surface area contributed by atoms with Crippen molar-refractivity contribution in [2.24, 2.45) is 10.5 Å². The van der Waals surface area contributed by atoms with Crippen LogP contribution in [0.2, 0.25) is 0 Å². The third-order valence-electron chi connectivity index (χ3n) is 1.89. The molecule has 0 aromatic carbocycles. The second-order valence-corrected chi connectivity index (χ2v) is 4.15. The smallest absolute Gasteiger partial charge is 0.0652 e. The third-order valence-corrected chi connectivity index (χ3v) is 1.89. The summed E-state index contributed by atoms with van der Waals surface area (Å²) in [7, 11) is 1.68. The molecule has 0 aromatic rings. The highest BCUT2D eigenvalue weighted by Gasteiger charge is 2.13. The minimum Gasteiger partial charge on any atom is -0.383 e. The van der Waals surface area contributed by atoms with Crippen LogP contribution in [0.25, 0.3) is 0 Å². The number of nitrogens with zero attached hydrogens (tertiary/aromatic N) is 1. The first-order chi connectivity index (χ1) is 6.52. The van der Waals surface area contributed by atoms with Crippen LogP contribution in [0.4, 0.5) is 0 Å². The Morgan fingerprint density at radius 1 is 1.43 bits per heavy atom. The van der Waals surface area contributed by atoms with Crippen LogP contribution < -0.4 is 5.43 Å². The number of hydrogen-bond acceptors (Lipinski definition) is 3. The first kappa shape index (κ1) is 13.2. The first-order valence-electron chi connectivity index (χ1n) is 4.94. The van der Waals surface area contributed by atoms with Crippen LogP contribution in [-0.2, 0) is 4.74 Å². The Balaban J connectivity index is 3.96. The van der Waals surface area contributed by atoms with Crippen molar-refractivity contribution in [3.63, 3.8) is 0 Å². The van der Waals surface area contributed by atoms with Crippen molar-refractivity contribution in [3.8, 4) is 0 Å². The summed E-state index contributed by atoms with van der Waals surface area (Å²) in [5.74, 6) is 0. The van der Waals surface area contributed by atoms with Gasteiger partial charge in [0.1, 0.15) is 0 Å². The highest BCUT2D eigenvalue weighted by Crippen LogP contribution is 2.22. The van der Waals surface area contributed by atoms with Crippen molar-refractivity contribution >= 4 is 6.21 Å². The van der Waals surface area contributed by atoms with E-state index in [-0.39, 0.29) is 5.41 Å². The lowest BCUT2D eigenvalue weighted by molar-refractivity contribution is 0.200. The van der Waals surface area contributed by atoms with Crippen LogP contribution >= 0.6 is 0 Å². The maximum absolute atomic E-state index is 4.89. The molecule has 1 N–H and O–H groups in total. The van der Waals surface area contributed by atoms with Gasteiger partial charge in [0.25, 0.3) is 0 Å². The maximum Gasteiger partial charge on any atom is 0.0652 e. The molecule has 0 saturated carbocycles. The Morgan fingerprint density at radius 3 is 2.50 bits per heavy atom. The van der Waals surface area contributed by atoms with Crippen molar-refractivity contribution in [1.29, 1.82) is 0 Å². The largest absolute Gasteiger partial charge is 0.383 e. The van der Waals surface area contributed by atoms with E-state index in [1.165, 1.54) is 5.57 Å². The Bertz CT molecular complexity index is 202. The molecule has 0 unspecified atom stereocenters. The van der Waals surface area contributed by atoms with Gasteiger partial charge in [0.15, 0.2) is 0 Å². The molecule has 0 bridgehead atoms. The van der Waals surface area contributed by atoms with Gasteiger partial charge in [-0.15, -0.1) is 0 Å². The normalized spacial score (nSPS) is 13.6. The zero-order chi connectivity index (χ0) is 11.0. The Morgan fingerprint density at radius 2 is 2.07 bits per heavy atom. The fraction of sp³-hybridized carbons (Fsp3) is 0.727. The topological polar surface area (TPSA) is 33.6 Å². The molecule has 3 nitrogen and oxygen atoms in total. The number of allylic oxidation sites excluding steroid dienone is 2. The summed E-state index contributed by atoms with van der Waals surface area (Å²) in [5.41, 5.74) is 4.31. The van der Waals surface area contributed by atoms with Gasteiger partial charge >= 0.3 is 0 Å². The van der Waals surface area contributed by atoms with E-state index in [9.17, 15) is 0 Å². The third kappa shape index (κ3) is 5.75. The standard InChI is InChI=1S/C11H22N2O/c1-6-10(11(2,3)4)9-13-12-7-8-14-5/h6,9,12H,7-8H2,1-5H3/b10-6+,13-9-. The number of nitrogens with one attached hydrogen (secondary N) is 1. The zero-order valence-corrected chi connectivity index (χ0v) is 9.92. The quantitative estimate of drug-likeness (QED) is 0.417. The minimum absolute atomic E-state index is 0.154. The number of rotatable bonds is 5. The van der Waals surface area contributed by atoms with E-state index in [2.05, 4.69) is 37.4 Å². The molecule has 0 aliphatic heterocycles. The number of hydrogen-bond donors (Lipinski definition) is 1. The molecule has 14 heavy (non-hydrogen) atoms. The summed E-state index contributed by atoms with van der Waals surface area (Å²) >= 11 is 0. The first-order valence-corrected chi connectivity index (χ1v) is 4.94. The monoisotopic (exact) mass is 198 g/mol. The molecule has 0 spiro atoms. The Kier molecular flexibility index (Phi) is 6.21. The predicted molar refractivity (Wildman–Crippen MR) is 61.6 cm³/mol. The fourth-order valence-electron chi connectivity index (χ4n) is 1.03. The molecule has 3 heteroatoms. The van der Waals surface area contributed by atoms with E-state index in [1.54, 1.807) is 7.11 Å². The van der Waals surface area contributed by atoms with Crippen molar-refractivity contribution in [2.75, 3.05) is 20.3 Å². The van der Waals surface area contributed by atoms with Crippen molar-refractivity contribution in [2.45, 2.75) is 27.7 Å². The van der Waals surface area contributed by atoms with Gasteiger partial charge < -0.3 is 10.2 Å². The predicted octanol–water partition coefficient (Wildman–Crippen LogP) is 2.20. The molecule has 0 amide bonds. The molecular formula is C11H22N2O. The molecule has 0 fully saturated rings. The van der Waals surface area contributed by atoms with Crippen molar-refractivity contribution in [1.82, 2.24) is 5.43 Å². The molecule has 0 atom stereocenters. The van der Waals surface area contributed by atoms with Crippen LogP contribution in [0.15, 0.2) is 16.8 Å². The summed E-state index contributed by atoms with van der Waals surface area (Å²) in [5, 5.41) is 4.12. The Labute approximate surface area is 87.2 Å². The van der Waals surface area contributed by atoms with E-state index in [0.29, 0.717) is 6.61 Å². The molecule has 0 heterocycles. The van der Waals surface area contributed by atoms with Gasteiger partial charge in [-0.05, 0) is 17.9 Å². The highest BCUT2D eigenvalue weighted by molar-refractivity contribution is 5.79. The molecule has 0 rings (SSSR count). The maximum atomic E-state index is 4.89. The zero-order valence-electron chi connectivity index (χ0n) is 9.92. The van der Waals surface area contributed by atoms with Crippen LogP contribution in [0.1, 0.15) is 27.7 Å². The van der Waals surface area contributed by atoms with Crippen LogP contribution in [-0.4, -0.2) is 26.5 Å². The van der Waals surface area contributed by atoms with Gasteiger partial charge in [-0.1, -0.05) is 26.8 Å². The van der Waals surface area contributed by atoms with Crippen LogP contribution in [0, 0.1) is 5.41 Å². The molecular weight excluding hydrogens is 176 g/mol. The van der Waals surface area contributed by atoms with E-state index in [1.807, 2.05) is 13.1 Å². The van der Waals surface area contributed by atoms with Gasteiger partial charge in [0.2, 0.25) is 0 Å². The average molecular weight is 198 g/mol. The van der Waals surface area contributed by atoms with Gasteiger partial charge in [-0.3, -0.25) is 0 Å². The number of ether oxygens (including phenoxy) is 1. The summed E-state index contributed by atoms with van der Waals surface area (Å²) in [6.45, 7) is 9.96. The SMILES string of the molecule is C/C=C(\C=N/NCCOC)C(C)(C)C. The van der Waals surface area contributed by atoms with Crippen LogP contribution in [0.5, 0.6) is 0 Å². The lowest BCUT2D eigenvalue weighted by atomic mass is 9.87. The van der Waals surface area contributed by atoms with Gasteiger partial charge in [0.05, 0.1) is 19.4 Å². The van der Waals surface area contributed by atoms with Gasteiger partial charge in [-0.25, -0.2) is 0 Å². The summed E-state index contributed by atoms with van der Waals surface area (Å²) in [4.78, 5) is 0. The van der Waals surface area contributed by atoms with Crippen molar-refractivity contribution in [3.05, 3.63) is 11.6 Å². The highest BCUT2D eigenvalue weighted by atomic mass is 16.5. The van der Waals surface area contributed by atoms with E-state index < -0.39 is 0 Å². The van der Waals surface area contributed by atoms with Crippen LogP contribution in [0.3, 0.4) is 0 Å². The number of hydrazone groups is 1. The summed E-state index contributed by atoms with van der Waals surface area (Å²) in [6.07, 6.45) is 3.96. The second kappa shape index (κ2) is 6.60. The van der Waals surface area contributed by atoms with Gasteiger partial charge in [-0.2, -0.15) is 5.10 Å². The molecule has 82 valence electrons. The van der Waals surface area contributed by atoms with E-state index >= 15 is 0 Å². The molecule has 0 radical (unpaired) electrons. The lowest BCUT2D eigenvalue weighted by Crippen LogP contribution is -2.15. The lowest BCUT2D eigenvalue weighted by Gasteiger charge is -2.19. The average Bonchev–Trinajstić information content (AvgIpc) is 2.09. The minimum atomic E-state index is 0.154. The van der Waals surface area contributed by atoms with E-state index in [4.69, 9.17) is 4.74 Å². The summed E-state index contributed by atoms with van der Waals surface area (Å²) < 4.78 is 4.89. The molecule has 0 saturated heterocycles. The molecule has 0 aliphatic rings. The molecule has 0 aliphatic carbocycles. The number of methoxy groups -OCH3 is 1. The fourth-order valence-corrected chi connectivity index (χ4v) is 1.03. The Hall–Kier alpha value is -0.830. The summed E-state index contributed by atoms with van der Waals surface area (Å²) in [6, 6.07) is 0. The van der Waals surface area contributed by atoms with Gasteiger partial charge in [0, 0.05) is 7.11 Å². The van der Waals surface area contributed by atoms with E-state index in [0.717, 1.165) is 6.54 Å². The molecule has 0 aromatic heterocycles. The second-order valence-electron chi connectivity index (χ2n) is 4.15.